The molecule has 0 aliphatic rings. The van der Waals surface area contributed by atoms with Crippen LogP contribution in [0.25, 0.3) is 0 Å². The second-order valence-corrected chi connectivity index (χ2v) is 3.20. The minimum Gasteiger partial charge on any atom is -0.313 e. The van der Waals surface area contributed by atoms with Crippen LogP contribution in [0, 0.1) is 0 Å². The average molecular weight is 221 g/mol. The number of alkyl halides is 3. The molecule has 84 valence electrons. The second-order valence-electron chi connectivity index (χ2n) is 3.20. The first-order chi connectivity index (χ1) is 6.86. The molecule has 0 spiro atoms. The molecule has 0 aromatic carbocycles. The molecule has 1 heterocycles. The van der Waals surface area contributed by atoms with Gasteiger partial charge in [0.1, 0.15) is 0 Å². The van der Waals surface area contributed by atoms with Crippen molar-refractivity contribution in [1.29, 1.82) is 0 Å². The Morgan fingerprint density at radius 3 is 2.40 bits per heavy atom. The molecule has 0 fully saturated rings. The zero-order valence-corrected chi connectivity index (χ0v) is 8.34. The Balaban J connectivity index is 3.09. The topological polar surface area (TPSA) is 36.1 Å². The summed E-state index contributed by atoms with van der Waals surface area (Å²) >= 11 is 0. The van der Waals surface area contributed by atoms with Gasteiger partial charge in [-0.15, -0.1) is 0 Å². The third kappa shape index (κ3) is 2.59. The third-order valence-corrected chi connectivity index (χ3v) is 2.18. The standard InChI is InChI=1S/C9H12F3N2O/c1-6(13-2)7-3-4-8(9(10,11)12)14(15)5-7/h3-6,13,15H,1-2H3/q+1/t6-/m1/s1. The Labute approximate surface area is 85.1 Å². The van der Waals surface area contributed by atoms with Crippen LogP contribution in [0.1, 0.15) is 24.2 Å². The van der Waals surface area contributed by atoms with Crippen LogP contribution in [0.5, 0.6) is 0 Å². The van der Waals surface area contributed by atoms with Crippen molar-refractivity contribution in [3.05, 3.63) is 29.6 Å². The van der Waals surface area contributed by atoms with E-state index in [0.29, 0.717) is 5.56 Å². The van der Waals surface area contributed by atoms with Crippen molar-refractivity contribution in [3.63, 3.8) is 0 Å². The SMILES string of the molecule is CN[C@H](C)c1ccc(C(F)(F)F)[n+](O)c1. The Morgan fingerprint density at radius 2 is 2.00 bits per heavy atom. The number of pyridine rings is 1. The van der Waals surface area contributed by atoms with E-state index in [-0.39, 0.29) is 10.8 Å². The van der Waals surface area contributed by atoms with Crippen LogP contribution >= 0.6 is 0 Å². The van der Waals surface area contributed by atoms with E-state index < -0.39 is 11.9 Å². The molecule has 0 saturated carbocycles. The summed E-state index contributed by atoms with van der Waals surface area (Å²) in [5, 5.41) is 12.0. The first kappa shape index (κ1) is 11.8. The molecule has 0 unspecified atom stereocenters. The van der Waals surface area contributed by atoms with E-state index in [1.807, 2.05) is 0 Å². The van der Waals surface area contributed by atoms with Gasteiger partial charge in [0, 0.05) is 22.4 Å². The van der Waals surface area contributed by atoms with Gasteiger partial charge in [-0.25, -0.2) is 0 Å². The molecule has 0 aliphatic heterocycles. The molecule has 0 amide bonds. The van der Waals surface area contributed by atoms with Gasteiger partial charge in [-0.05, 0) is 20.0 Å². The van der Waals surface area contributed by atoms with E-state index in [0.717, 1.165) is 12.3 Å². The van der Waals surface area contributed by atoms with Crippen molar-refractivity contribution >= 4 is 0 Å². The maximum atomic E-state index is 12.3. The van der Waals surface area contributed by atoms with Gasteiger partial charge in [-0.3, -0.25) is 5.21 Å². The molecular weight excluding hydrogens is 209 g/mol. The Morgan fingerprint density at radius 1 is 1.40 bits per heavy atom. The first-order valence-electron chi connectivity index (χ1n) is 4.35. The number of nitrogens with one attached hydrogen (secondary N) is 1. The summed E-state index contributed by atoms with van der Waals surface area (Å²) in [6, 6.07) is 2.06. The van der Waals surface area contributed by atoms with Crippen LogP contribution in [0.2, 0.25) is 0 Å². The van der Waals surface area contributed by atoms with Crippen LogP contribution in [0.3, 0.4) is 0 Å². The zero-order chi connectivity index (χ0) is 11.6. The summed E-state index contributed by atoms with van der Waals surface area (Å²) in [7, 11) is 1.68. The Bertz CT molecular complexity index is 352. The molecule has 0 bridgehead atoms. The van der Waals surface area contributed by atoms with Crippen LogP contribution < -0.4 is 10.0 Å². The van der Waals surface area contributed by atoms with Gasteiger partial charge in [0.2, 0.25) is 6.20 Å². The molecule has 2 N–H and O–H groups in total. The lowest BCUT2D eigenvalue weighted by Gasteiger charge is -2.08. The first-order valence-corrected chi connectivity index (χ1v) is 4.35. The summed E-state index contributed by atoms with van der Waals surface area (Å²) in [5.41, 5.74) is -0.512. The van der Waals surface area contributed by atoms with Crippen molar-refractivity contribution in [3.8, 4) is 0 Å². The van der Waals surface area contributed by atoms with Gasteiger partial charge in [-0.1, -0.05) is 0 Å². The fraction of sp³-hybridized carbons (Fsp3) is 0.444. The fourth-order valence-electron chi connectivity index (χ4n) is 1.15. The number of aromatic nitrogens is 1. The molecule has 1 rings (SSSR count). The Hall–Kier alpha value is -1.30. The van der Waals surface area contributed by atoms with Crippen LogP contribution in [0.15, 0.2) is 18.3 Å². The predicted molar refractivity (Wildman–Crippen MR) is 46.3 cm³/mol. The van der Waals surface area contributed by atoms with E-state index in [1.54, 1.807) is 14.0 Å². The lowest BCUT2D eigenvalue weighted by atomic mass is 10.1. The summed E-state index contributed by atoms with van der Waals surface area (Å²) in [6.07, 6.45) is -3.50. The van der Waals surface area contributed by atoms with Gasteiger partial charge in [0.05, 0.1) is 0 Å². The molecule has 3 nitrogen and oxygen atoms in total. The zero-order valence-electron chi connectivity index (χ0n) is 8.34. The predicted octanol–water partition coefficient (Wildman–Crippen LogP) is 1.51. The average Bonchev–Trinajstić information content (AvgIpc) is 2.14. The van der Waals surface area contributed by atoms with Crippen LogP contribution in [-0.2, 0) is 6.18 Å². The van der Waals surface area contributed by atoms with E-state index in [9.17, 15) is 13.2 Å². The molecule has 1 atom stereocenters. The summed E-state index contributed by atoms with van der Waals surface area (Å²) < 4.78 is 36.9. The maximum Gasteiger partial charge on any atom is 0.482 e. The molecule has 6 heteroatoms. The monoisotopic (exact) mass is 221 g/mol. The highest BCUT2D eigenvalue weighted by Gasteiger charge is 2.42. The van der Waals surface area contributed by atoms with Crippen molar-refractivity contribution in [2.24, 2.45) is 0 Å². The molecule has 1 aromatic heterocycles. The minimum absolute atomic E-state index is 0.100. The van der Waals surface area contributed by atoms with Gasteiger partial charge in [0.25, 0.3) is 0 Å². The van der Waals surface area contributed by atoms with Gasteiger partial charge in [-0.2, -0.15) is 13.2 Å². The Kier molecular flexibility index (Phi) is 3.18. The number of hydrogen-bond acceptors (Lipinski definition) is 2. The van der Waals surface area contributed by atoms with Crippen molar-refractivity contribution in [2.75, 3.05) is 7.05 Å². The van der Waals surface area contributed by atoms with E-state index in [2.05, 4.69) is 5.32 Å². The minimum atomic E-state index is -4.55. The van der Waals surface area contributed by atoms with Gasteiger partial charge < -0.3 is 5.32 Å². The summed E-state index contributed by atoms with van der Waals surface area (Å²) in [4.78, 5) is 0. The largest absolute Gasteiger partial charge is 0.482 e. The molecule has 1 aromatic rings. The molecule has 0 saturated heterocycles. The molecular formula is C9H12F3N2O+. The van der Waals surface area contributed by atoms with E-state index in [1.165, 1.54) is 6.07 Å². The van der Waals surface area contributed by atoms with Crippen LogP contribution in [0.4, 0.5) is 13.2 Å². The normalized spacial score (nSPS) is 13.9. The quantitative estimate of drug-likeness (QED) is 0.586. The summed E-state index contributed by atoms with van der Waals surface area (Å²) in [5.74, 6) is 0. The highest BCUT2D eigenvalue weighted by molar-refractivity contribution is 5.14. The number of halogens is 3. The number of nitrogens with zero attached hydrogens (tertiary/aromatic N) is 1. The smallest absolute Gasteiger partial charge is 0.313 e. The highest BCUT2D eigenvalue weighted by Crippen LogP contribution is 2.26. The maximum absolute atomic E-state index is 12.3. The van der Waals surface area contributed by atoms with Crippen molar-refractivity contribution in [2.45, 2.75) is 19.1 Å². The summed E-state index contributed by atoms with van der Waals surface area (Å²) in [6.45, 7) is 1.78. The number of rotatable bonds is 2. The third-order valence-electron chi connectivity index (χ3n) is 2.18. The van der Waals surface area contributed by atoms with E-state index >= 15 is 0 Å². The van der Waals surface area contributed by atoms with Gasteiger partial charge >= 0.3 is 11.9 Å². The molecule has 0 radical (unpaired) electrons. The fourth-order valence-corrected chi connectivity index (χ4v) is 1.15. The van der Waals surface area contributed by atoms with Gasteiger partial charge in [0.15, 0.2) is 0 Å². The highest BCUT2D eigenvalue weighted by atomic mass is 19.4. The molecule has 0 aliphatic carbocycles. The van der Waals surface area contributed by atoms with Crippen molar-refractivity contribution < 1.29 is 23.1 Å². The second kappa shape index (κ2) is 4.06. The van der Waals surface area contributed by atoms with Crippen LogP contribution in [-0.4, -0.2) is 12.3 Å². The lowest BCUT2D eigenvalue weighted by Crippen LogP contribution is -2.40. The van der Waals surface area contributed by atoms with Crippen molar-refractivity contribution in [1.82, 2.24) is 5.32 Å². The number of hydrogen-bond donors (Lipinski definition) is 2. The van der Waals surface area contributed by atoms with E-state index in [4.69, 9.17) is 5.21 Å². The lowest BCUT2D eigenvalue weighted by molar-refractivity contribution is -0.915. The molecule has 15 heavy (non-hydrogen) atoms.